The van der Waals surface area contributed by atoms with Crippen molar-refractivity contribution in [3.63, 3.8) is 0 Å². The number of benzene rings is 1. The van der Waals surface area contributed by atoms with Crippen molar-refractivity contribution in [2.45, 2.75) is 12.8 Å². The van der Waals surface area contributed by atoms with Gasteiger partial charge in [-0.15, -0.1) is 0 Å². The molecule has 17 heavy (non-hydrogen) atoms. The fourth-order valence-electron chi connectivity index (χ4n) is 1.83. The molecule has 0 radical (unpaired) electrons. The SMILES string of the molecule is Nc1cc(Cl)ccc1NC(=O)C1CCCOC1. The van der Waals surface area contributed by atoms with Gasteiger partial charge in [0.2, 0.25) is 5.91 Å². The number of hydrogen-bond acceptors (Lipinski definition) is 3. The highest BCUT2D eigenvalue weighted by Crippen LogP contribution is 2.24. The van der Waals surface area contributed by atoms with Gasteiger partial charge in [0.15, 0.2) is 0 Å². The summed E-state index contributed by atoms with van der Waals surface area (Å²) in [5.41, 5.74) is 6.85. The lowest BCUT2D eigenvalue weighted by Gasteiger charge is -2.21. The van der Waals surface area contributed by atoms with E-state index < -0.39 is 0 Å². The maximum atomic E-state index is 11.9. The molecule has 0 aromatic heterocycles. The number of nitrogens with two attached hydrogens (primary N) is 1. The van der Waals surface area contributed by atoms with E-state index in [1.165, 1.54) is 0 Å². The highest BCUT2D eigenvalue weighted by Gasteiger charge is 2.22. The number of anilines is 2. The van der Waals surface area contributed by atoms with E-state index in [-0.39, 0.29) is 11.8 Å². The normalized spacial score (nSPS) is 19.9. The molecule has 0 spiro atoms. The number of hydrogen-bond donors (Lipinski definition) is 2. The third-order valence-corrected chi connectivity index (χ3v) is 3.04. The molecule has 4 nitrogen and oxygen atoms in total. The Balaban J connectivity index is 2.02. The standard InChI is InChI=1S/C12H15ClN2O2/c13-9-3-4-11(10(14)6-9)15-12(16)8-2-1-5-17-7-8/h3-4,6,8H,1-2,5,7,14H2,(H,15,16). The molecule has 1 aromatic carbocycles. The summed E-state index contributed by atoms with van der Waals surface area (Å²) in [5.74, 6) is -0.127. The van der Waals surface area contributed by atoms with Crippen LogP contribution in [0.1, 0.15) is 12.8 Å². The minimum atomic E-state index is -0.0844. The molecule has 1 amide bonds. The lowest BCUT2D eigenvalue weighted by molar-refractivity contribution is -0.123. The lowest BCUT2D eigenvalue weighted by atomic mass is 10.0. The molecule has 3 N–H and O–H groups in total. The van der Waals surface area contributed by atoms with E-state index >= 15 is 0 Å². The van der Waals surface area contributed by atoms with Gasteiger partial charge < -0.3 is 15.8 Å². The van der Waals surface area contributed by atoms with Gasteiger partial charge in [0.05, 0.1) is 23.9 Å². The molecule has 92 valence electrons. The molecule has 1 saturated heterocycles. The van der Waals surface area contributed by atoms with Crippen LogP contribution in [0, 0.1) is 5.92 Å². The predicted molar refractivity (Wildman–Crippen MR) is 68.0 cm³/mol. The molecule has 1 aliphatic rings. The summed E-state index contributed by atoms with van der Waals surface area (Å²) >= 11 is 5.79. The Morgan fingerprint density at radius 3 is 3.00 bits per heavy atom. The second-order valence-electron chi connectivity index (χ2n) is 4.13. The first-order chi connectivity index (χ1) is 8.16. The first kappa shape index (κ1) is 12.2. The van der Waals surface area contributed by atoms with E-state index in [0.29, 0.717) is 23.0 Å². The van der Waals surface area contributed by atoms with Crippen molar-refractivity contribution in [1.29, 1.82) is 0 Å². The van der Waals surface area contributed by atoms with Gasteiger partial charge in [-0.05, 0) is 31.0 Å². The van der Waals surface area contributed by atoms with Crippen LogP contribution in [-0.4, -0.2) is 19.1 Å². The number of carbonyl (C=O) groups is 1. The van der Waals surface area contributed by atoms with Crippen molar-refractivity contribution in [2.24, 2.45) is 5.92 Å². The molecular weight excluding hydrogens is 240 g/mol. The van der Waals surface area contributed by atoms with Gasteiger partial charge in [0, 0.05) is 11.6 Å². The molecule has 0 aliphatic carbocycles. The highest BCUT2D eigenvalue weighted by atomic mass is 35.5. The number of nitrogen functional groups attached to an aromatic ring is 1. The van der Waals surface area contributed by atoms with Crippen LogP contribution in [0.3, 0.4) is 0 Å². The smallest absolute Gasteiger partial charge is 0.229 e. The third kappa shape index (κ3) is 3.11. The third-order valence-electron chi connectivity index (χ3n) is 2.80. The van der Waals surface area contributed by atoms with Crippen LogP contribution >= 0.6 is 11.6 Å². The molecule has 1 heterocycles. The van der Waals surface area contributed by atoms with E-state index in [0.717, 1.165) is 19.4 Å². The Hall–Kier alpha value is -1.26. The summed E-state index contributed by atoms with van der Waals surface area (Å²) in [5, 5.41) is 3.36. The second kappa shape index (κ2) is 5.38. The first-order valence-electron chi connectivity index (χ1n) is 5.60. The van der Waals surface area contributed by atoms with Crippen LogP contribution in [0.25, 0.3) is 0 Å². The van der Waals surface area contributed by atoms with Gasteiger partial charge in [-0.2, -0.15) is 0 Å². The van der Waals surface area contributed by atoms with Crippen LogP contribution in [0.15, 0.2) is 18.2 Å². The summed E-state index contributed by atoms with van der Waals surface area (Å²) in [6.07, 6.45) is 1.79. The molecule has 1 fully saturated rings. The molecular formula is C12H15ClN2O2. The molecule has 2 rings (SSSR count). The topological polar surface area (TPSA) is 64.3 Å². The van der Waals surface area contributed by atoms with E-state index in [4.69, 9.17) is 22.1 Å². The number of rotatable bonds is 2. The summed E-state index contributed by atoms with van der Waals surface area (Å²) in [6.45, 7) is 1.23. The van der Waals surface area contributed by atoms with Crippen LogP contribution in [0.2, 0.25) is 5.02 Å². The van der Waals surface area contributed by atoms with Gasteiger partial charge in [-0.25, -0.2) is 0 Å². The van der Waals surface area contributed by atoms with Gasteiger partial charge in [0.1, 0.15) is 0 Å². The maximum absolute atomic E-state index is 11.9. The Morgan fingerprint density at radius 2 is 2.35 bits per heavy atom. The van der Waals surface area contributed by atoms with Crippen molar-refractivity contribution < 1.29 is 9.53 Å². The average molecular weight is 255 g/mol. The molecule has 0 bridgehead atoms. The number of halogens is 1. The maximum Gasteiger partial charge on any atom is 0.229 e. The van der Waals surface area contributed by atoms with E-state index in [1.807, 2.05) is 0 Å². The quantitative estimate of drug-likeness (QED) is 0.796. The number of amides is 1. The summed E-state index contributed by atoms with van der Waals surface area (Å²) in [6, 6.07) is 5.03. The van der Waals surface area contributed by atoms with Gasteiger partial charge >= 0.3 is 0 Å². The zero-order valence-electron chi connectivity index (χ0n) is 9.41. The van der Waals surface area contributed by atoms with Crippen LogP contribution < -0.4 is 11.1 Å². The molecule has 1 atom stereocenters. The largest absolute Gasteiger partial charge is 0.397 e. The van der Waals surface area contributed by atoms with Crippen molar-refractivity contribution in [2.75, 3.05) is 24.3 Å². The minimum absolute atomic E-state index is 0.0428. The van der Waals surface area contributed by atoms with E-state index in [9.17, 15) is 4.79 Å². The number of carbonyl (C=O) groups excluding carboxylic acids is 1. The molecule has 1 aliphatic heterocycles. The molecule has 1 unspecified atom stereocenters. The number of nitrogens with one attached hydrogen (secondary N) is 1. The minimum Gasteiger partial charge on any atom is -0.397 e. The highest BCUT2D eigenvalue weighted by molar-refractivity contribution is 6.31. The Morgan fingerprint density at radius 1 is 1.53 bits per heavy atom. The predicted octanol–water partition coefficient (Wildman–Crippen LogP) is 2.29. The van der Waals surface area contributed by atoms with Crippen molar-refractivity contribution in [3.8, 4) is 0 Å². The number of ether oxygens (including phenoxy) is 1. The van der Waals surface area contributed by atoms with Crippen LogP contribution in [0.4, 0.5) is 11.4 Å². The average Bonchev–Trinajstić information content (AvgIpc) is 2.34. The molecule has 0 saturated carbocycles. The molecule has 5 heteroatoms. The molecule has 1 aromatic rings. The van der Waals surface area contributed by atoms with E-state index in [2.05, 4.69) is 5.32 Å². The lowest BCUT2D eigenvalue weighted by Crippen LogP contribution is -2.30. The first-order valence-corrected chi connectivity index (χ1v) is 5.98. The van der Waals surface area contributed by atoms with Gasteiger partial charge in [-0.1, -0.05) is 11.6 Å². The van der Waals surface area contributed by atoms with Crippen molar-refractivity contribution in [3.05, 3.63) is 23.2 Å². The zero-order chi connectivity index (χ0) is 12.3. The monoisotopic (exact) mass is 254 g/mol. The summed E-state index contributed by atoms with van der Waals surface area (Å²) in [4.78, 5) is 11.9. The van der Waals surface area contributed by atoms with Gasteiger partial charge in [0.25, 0.3) is 0 Å². The summed E-state index contributed by atoms with van der Waals surface area (Å²) < 4.78 is 5.28. The van der Waals surface area contributed by atoms with Crippen LogP contribution in [0.5, 0.6) is 0 Å². The Kier molecular flexibility index (Phi) is 3.86. The van der Waals surface area contributed by atoms with Crippen molar-refractivity contribution >= 4 is 28.9 Å². The van der Waals surface area contributed by atoms with E-state index in [1.54, 1.807) is 18.2 Å². The Labute approximate surface area is 105 Å². The van der Waals surface area contributed by atoms with Crippen LogP contribution in [-0.2, 0) is 9.53 Å². The Bertz CT molecular complexity index is 417. The zero-order valence-corrected chi connectivity index (χ0v) is 10.2. The van der Waals surface area contributed by atoms with Crippen molar-refractivity contribution in [1.82, 2.24) is 0 Å². The second-order valence-corrected chi connectivity index (χ2v) is 4.57. The fraction of sp³-hybridized carbons (Fsp3) is 0.417. The van der Waals surface area contributed by atoms with Gasteiger partial charge in [-0.3, -0.25) is 4.79 Å². The fourth-order valence-corrected chi connectivity index (χ4v) is 2.01. The summed E-state index contributed by atoms with van der Waals surface area (Å²) in [7, 11) is 0.